The van der Waals surface area contributed by atoms with E-state index in [2.05, 4.69) is 32.5 Å². The first kappa shape index (κ1) is 21.1. The maximum atomic E-state index is 12.7. The van der Waals surface area contributed by atoms with Crippen LogP contribution in [0.4, 0.5) is 0 Å². The van der Waals surface area contributed by atoms with E-state index in [1.165, 1.54) is 17.3 Å². The molecule has 1 amide bonds. The van der Waals surface area contributed by atoms with E-state index in [9.17, 15) is 4.79 Å². The fourth-order valence-electron chi connectivity index (χ4n) is 3.45. The van der Waals surface area contributed by atoms with E-state index in [-0.39, 0.29) is 5.91 Å². The molecule has 0 aliphatic heterocycles. The summed E-state index contributed by atoms with van der Waals surface area (Å²) >= 11 is 1.51. The van der Waals surface area contributed by atoms with Crippen molar-refractivity contribution in [3.05, 3.63) is 88.7 Å². The molecule has 0 atom stereocenters. The zero-order valence-electron chi connectivity index (χ0n) is 17.7. The highest BCUT2D eigenvalue weighted by molar-refractivity contribution is 7.98. The van der Waals surface area contributed by atoms with Crippen molar-refractivity contribution in [3.8, 4) is 0 Å². The lowest BCUT2D eigenvalue weighted by atomic mass is 10.1. The topological polar surface area (TPSA) is 72.2 Å². The molecule has 0 saturated carbocycles. The summed E-state index contributed by atoms with van der Waals surface area (Å²) in [7, 11) is 0. The second-order valence-corrected chi connectivity index (χ2v) is 8.38. The summed E-state index contributed by atoms with van der Waals surface area (Å²) < 4.78 is 1.75. The first-order valence-electron chi connectivity index (χ1n) is 10.3. The van der Waals surface area contributed by atoms with Crippen LogP contribution in [-0.4, -0.2) is 32.0 Å². The maximum absolute atomic E-state index is 12.7. The van der Waals surface area contributed by atoms with Crippen molar-refractivity contribution in [2.45, 2.75) is 37.6 Å². The van der Waals surface area contributed by atoms with E-state index >= 15 is 0 Å². The number of nitrogens with zero attached hydrogens (tertiary/aromatic N) is 4. The van der Waals surface area contributed by atoms with E-state index in [0.717, 1.165) is 29.8 Å². The molecule has 2 heterocycles. The minimum absolute atomic E-state index is 0.0413. The number of aromatic nitrogens is 4. The predicted molar refractivity (Wildman–Crippen MR) is 123 cm³/mol. The van der Waals surface area contributed by atoms with Crippen LogP contribution < -0.4 is 5.32 Å². The van der Waals surface area contributed by atoms with Gasteiger partial charge in [-0.2, -0.15) is 4.98 Å². The van der Waals surface area contributed by atoms with Gasteiger partial charge in [-0.3, -0.25) is 4.79 Å². The number of hydrogen-bond acceptors (Lipinski definition) is 5. The fraction of sp³-hybridized carbons (Fsp3) is 0.250. The van der Waals surface area contributed by atoms with E-state index in [4.69, 9.17) is 0 Å². The van der Waals surface area contributed by atoms with Crippen LogP contribution in [0.15, 0.2) is 65.8 Å². The SMILES string of the molecule is Cc1cc(C)n2nc(SCc3ccccc3C(=O)NCCCc3ccccc3)nc2n1. The molecule has 31 heavy (non-hydrogen) atoms. The Balaban J connectivity index is 1.36. The molecule has 1 N–H and O–H groups in total. The molecule has 0 aliphatic carbocycles. The molecule has 2 aromatic heterocycles. The summed E-state index contributed by atoms with van der Waals surface area (Å²) in [5.41, 5.74) is 4.87. The second kappa shape index (κ2) is 9.75. The zero-order chi connectivity index (χ0) is 21.6. The number of nitrogens with one attached hydrogen (secondary N) is 1. The van der Waals surface area contributed by atoms with Gasteiger partial charge in [0, 0.05) is 29.2 Å². The number of carbonyl (C=O) groups is 1. The van der Waals surface area contributed by atoms with E-state index in [0.29, 0.717) is 28.8 Å². The normalized spacial score (nSPS) is 11.0. The van der Waals surface area contributed by atoms with E-state index in [1.54, 1.807) is 4.52 Å². The van der Waals surface area contributed by atoms with Crippen molar-refractivity contribution < 1.29 is 4.79 Å². The monoisotopic (exact) mass is 431 g/mol. The number of rotatable bonds is 8. The molecule has 0 aliphatic rings. The fourth-order valence-corrected chi connectivity index (χ4v) is 4.28. The Labute approximate surface area is 186 Å². The van der Waals surface area contributed by atoms with Crippen molar-refractivity contribution in [1.82, 2.24) is 24.9 Å². The Morgan fingerprint density at radius 1 is 1.03 bits per heavy atom. The van der Waals surface area contributed by atoms with Crippen LogP contribution in [-0.2, 0) is 12.2 Å². The van der Waals surface area contributed by atoms with Gasteiger partial charge in [0.15, 0.2) is 0 Å². The number of hydrogen-bond donors (Lipinski definition) is 1. The van der Waals surface area contributed by atoms with Crippen molar-refractivity contribution >= 4 is 23.4 Å². The van der Waals surface area contributed by atoms with Crippen LogP contribution in [0.2, 0.25) is 0 Å². The third kappa shape index (κ3) is 5.30. The van der Waals surface area contributed by atoms with Gasteiger partial charge in [-0.1, -0.05) is 60.3 Å². The molecular formula is C24H25N5OS. The first-order valence-corrected chi connectivity index (χ1v) is 11.3. The number of benzene rings is 2. The largest absolute Gasteiger partial charge is 0.352 e. The summed E-state index contributed by atoms with van der Waals surface area (Å²) in [5, 5.41) is 8.24. The lowest BCUT2D eigenvalue weighted by molar-refractivity contribution is 0.0952. The van der Waals surface area contributed by atoms with Gasteiger partial charge in [0.05, 0.1) is 0 Å². The van der Waals surface area contributed by atoms with Gasteiger partial charge in [0.1, 0.15) is 0 Å². The lowest BCUT2D eigenvalue weighted by Crippen LogP contribution is -2.25. The van der Waals surface area contributed by atoms with Crippen LogP contribution in [0.1, 0.15) is 39.3 Å². The summed E-state index contributed by atoms with van der Waals surface area (Å²) in [4.78, 5) is 21.7. The van der Waals surface area contributed by atoms with Crippen molar-refractivity contribution in [1.29, 1.82) is 0 Å². The molecule has 2 aromatic carbocycles. The molecular weight excluding hydrogens is 406 g/mol. The van der Waals surface area contributed by atoms with Crippen LogP contribution in [0.3, 0.4) is 0 Å². The smallest absolute Gasteiger partial charge is 0.253 e. The molecule has 0 bridgehead atoms. The Kier molecular flexibility index (Phi) is 6.62. The van der Waals surface area contributed by atoms with Gasteiger partial charge in [-0.15, -0.1) is 5.10 Å². The molecule has 0 saturated heterocycles. The predicted octanol–water partition coefficient (Wildman–Crippen LogP) is 4.40. The van der Waals surface area contributed by atoms with Gasteiger partial charge in [0.25, 0.3) is 11.7 Å². The third-order valence-corrected chi connectivity index (χ3v) is 5.87. The lowest BCUT2D eigenvalue weighted by Gasteiger charge is -2.09. The standard InChI is InChI=1S/C24H25N5OS/c1-17-15-18(2)29-23(26-17)27-24(28-29)31-16-20-12-6-7-13-21(20)22(30)25-14-8-11-19-9-4-3-5-10-19/h3-7,9-10,12-13,15H,8,11,14,16H2,1-2H3,(H,25,30). The molecule has 4 rings (SSSR count). The molecule has 4 aromatic rings. The van der Waals surface area contributed by atoms with Gasteiger partial charge < -0.3 is 5.32 Å². The molecule has 0 spiro atoms. The summed E-state index contributed by atoms with van der Waals surface area (Å²) in [6.07, 6.45) is 1.86. The van der Waals surface area contributed by atoms with Gasteiger partial charge in [-0.25, -0.2) is 9.50 Å². The Hall–Kier alpha value is -3.19. The van der Waals surface area contributed by atoms with Crippen LogP contribution in [0, 0.1) is 13.8 Å². The summed E-state index contributed by atoms with van der Waals surface area (Å²) in [5.74, 6) is 1.17. The minimum atomic E-state index is -0.0413. The Morgan fingerprint density at radius 2 is 1.81 bits per heavy atom. The number of aryl methyl sites for hydroxylation is 3. The molecule has 0 unspecified atom stereocenters. The second-order valence-electron chi connectivity index (χ2n) is 7.44. The number of carbonyl (C=O) groups excluding carboxylic acids is 1. The zero-order valence-corrected chi connectivity index (χ0v) is 18.5. The maximum Gasteiger partial charge on any atom is 0.253 e. The average Bonchev–Trinajstić information content (AvgIpc) is 3.19. The van der Waals surface area contributed by atoms with Crippen molar-refractivity contribution in [2.75, 3.05) is 6.54 Å². The van der Waals surface area contributed by atoms with Gasteiger partial charge in [-0.05, 0) is 49.9 Å². The van der Waals surface area contributed by atoms with Crippen LogP contribution >= 0.6 is 11.8 Å². The highest BCUT2D eigenvalue weighted by Crippen LogP contribution is 2.22. The summed E-state index contributed by atoms with van der Waals surface area (Å²) in [6, 6.07) is 20.0. The van der Waals surface area contributed by atoms with Crippen LogP contribution in [0.25, 0.3) is 5.78 Å². The van der Waals surface area contributed by atoms with Gasteiger partial charge in [0.2, 0.25) is 5.16 Å². The van der Waals surface area contributed by atoms with Gasteiger partial charge >= 0.3 is 0 Å². The Bertz CT molecular complexity index is 1190. The van der Waals surface area contributed by atoms with E-state index in [1.807, 2.05) is 62.4 Å². The average molecular weight is 432 g/mol. The number of fused-ring (bicyclic) bond motifs is 1. The molecule has 0 radical (unpaired) electrons. The van der Waals surface area contributed by atoms with Crippen LogP contribution in [0.5, 0.6) is 0 Å². The molecule has 6 nitrogen and oxygen atoms in total. The number of amides is 1. The van der Waals surface area contributed by atoms with Crippen molar-refractivity contribution in [2.24, 2.45) is 0 Å². The molecule has 158 valence electrons. The quantitative estimate of drug-likeness (QED) is 0.331. The first-order chi connectivity index (χ1) is 15.1. The summed E-state index contributed by atoms with van der Waals surface area (Å²) in [6.45, 7) is 4.58. The number of thioether (sulfide) groups is 1. The molecule has 0 fully saturated rings. The third-order valence-electron chi connectivity index (χ3n) is 4.99. The Morgan fingerprint density at radius 3 is 2.65 bits per heavy atom. The highest BCUT2D eigenvalue weighted by atomic mass is 32.2. The highest BCUT2D eigenvalue weighted by Gasteiger charge is 2.13. The van der Waals surface area contributed by atoms with E-state index < -0.39 is 0 Å². The molecule has 7 heteroatoms. The van der Waals surface area contributed by atoms with Crippen molar-refractivity contribution in [3.63, 3.8) is 0 Å². The minimum Gasteiger partial charge on any atom is -0.352 e.